The summed E-state index contributed by atoms with van der Waals surface area (Å²) in [6.07, 6.45) is 8.73. The molecular weight excluding hydrogens is 200 g/mol. The maximum absolute atomic E-state index is 11.7. The normalized spacial score (nSPS) is 11.6. The van der Waals surface area contributed by atoms with E-state index in [0.717, 1.165) is 18.4 Å². The number of rotatable bonds is 6. The highest BCUT2D eigenvalue weighted by molar-refractivity contribution is 5.96. The number of hydrogen-bond donors (Lipinski definition) is 2. The molecule has 0 spiro atoms. The van der Waals surface area contributed by atoms with E-state index in [1.54, 1.807) is 12.2 Å². The highest BCUT2D eigenvalue weighted by Gasteiger charge is 2.03. The number of nitrogens with two attached hydrogens (primary N) is 1. The lowest BCUT2D eigenvalue weighted by atomic mass is 10.2. The zero-order valence-electron chi connectivity index (χ0n) is 10.4. The van der Waals surface area contributed by atoms with Crippen LogP contribution in [0.4, 0.5) is 0 Å². The van der Waals surface area contributed by atoms with Crippen LogP contribution >= 0.6 is 0 Å². The summed E-state index contributed by atoms with van der Waals surface area (Å²) < 4.78 is 0. The zero-order chi connectivity index (χ0) is 12.4. The average Bonchev–Trinajstić information content (AvgIpc) is 2.24. The number of hydrogen-bond acceptors (Lipinski definition) is 2. The fraction of sp³-hybridized carbons (Fsp3) is 0.462. The number of carbonyl (C=O) groups is 1. The Bertz CT molecular complexity index is 297. The van der Waals surface area contributed by atoms with Crippen LogP contribution in [-0.4, -0.2) is 12.5 Å². The Balaban J connectivity index is 4.47. The van der Waals surface area contributed by atoms with Crippen molar-refractivity contribution in [3.05, 3.63) is 35.6 Å². The third kappa shape index (κ3) is 6.87. The van der Waals surface area contributed by atoms with E-state index >= 15 is 0 Å². The third-order valence-electron chi connectivity index (χ3n) is 1.95. The van der Waals surface area contributed by atoms with Gasteiger partial charge in [0.15, 0.2) is 0 Å². The van der Waals surface area contributed by atoms with Crippen LogP contribution in [0.15, 0.2) is 35.6 Å². The van der Waals surface area contributed by atoms with Crippen molar-refractivity contribution >= 4 is 5.91 Å². The molecule has 0 radical (unpaired) electrons. The smallest absolute Gasteiger partial charge is 0.251 e. The second-order valence-electron chi connectivity index (χ2n) is 3.83. The van der Waals surface area contributed by atoms with E-state index in [1.165, 1.54) is 6.20 Å². The first-order valence-electron chi connectivity index (χ1n) is 5.63. The van der Waals surface area contributed by atoms with Crippen molar-refractivity contribution in [1.29, 1.82) is 0 Å². The van der Waals surface area contributed by atoms with E-state index in [9.17, 15) is 4.79 Å². The van der Waals surface area contributed by atoms with E-state index < -0.39 is 0 Å². The predicted molar refractivity (Wildman–Crippen MR) is 68.8 cm³/mol. The van der Waals surface area contributed by atoms with Gasteiger partial charge in [0.1, 0.15) is 0 Å². The van der Waals surface area contributed by atoms with Crippen LogP contribution < -0.4 is 11.1 Å². The molecule has 0 aliphatic heterocycles. The lowest BCUT2D eigenvalue weighted by molar-refractivity contribution is -0.117. The van der Waals surface area contributed by atoms with Gasteiger partial charge in [-0.25, -0.2) is 0 Å². The molecule has 0 fully saturated rings. The van der Waals surface area contributed by atoms with Crippen LogP contribution in [0, 0.1) is 0 Å². The van der Waals surface area contributed by atoms with Gasteiger partial charge in [0, 0.05) is 12.1 Å². The van der Waals surface area contributed by atoms with Crippen LogP contribution in [0.25, 0.3) is 0 Å². The molecule has 0 unspecified atom stereocenters. The molecule has 90 valence electrons. The van der Waals surface area contributed by atoms with E-state index in [2.05, 4.69) is 12.2 Å². The average molecular weight is 222 g/mol. The van der Waals surface area contributed by atoms with Crippen LogP contribution in [0.5, 0.6) is 0 Å². The zero-order valence-corrected chi connectivity index (χ0v) is 10.4. The highest BCUT2D eigenvalue weighted by Crippen LogP contribution is 2.00. The second kappa shape index (κ2) is 8.77. The van der Waals surface area contributed by atoms with Gasteiger partial charge in [-0.1, -0.05) is 25.0 Å². The van der Waals surface area contributed by atoms with E-state index in [4.69, 9.17) is 5.73 Å². The maximum atomic E-state index is 11.7. The van der Waals surface area contributed by atoms with Gasteiger partial charge in [-0.05, 0) is 38.6 Å². The summed E-state index contributed by atoms with van der Waals surface area (Å²) in [5, 5.41) is 2.85. The number of carbonyl (C=O) groups excluding carboxylic acids is 1. The van der Waals surface area contributed by atoms with Gasteiger partial charge < -0.3 is 11.1 Å². The van der Waals surface area contributed by atoms with Crippen LogP contribution in [0.3, 0.4) is 0 Å². The first-order valence-corrected chi connectivity index (χ1v) is 5.63. The minimum absolute atomic E-state index is 0.0762. The summed E-state index contributed by atoms with van der Waals surface area (Å²) in [5.74, 6) is -0.0762. The van der Waals surface area contributed by atoms with Gasteiger partial charge in [0.05, 0.1) is 0 Å². The molecule has 0 saturated carbocycles. The fourth-order valence-electron chi connectivity index (χ4n) is 1.05. The van der Waals surface area contributed by atoms with E-state index in [0.29, 0.717) is 12.1 Å². The van der Waals surface area contributed by atoms with Crippen LogP contribution in [0.1, 0.15) is 33.6 Å². The van der Waals surface area contributed by atoms with Gasteiger partial charge >= 0.3 is 0 Å². The molecular formula is C13H22N2O. The minimum Gasteiger partial charge on any atom is -0.405 e. The molecule has 0 atom stereocenters. The number of nitrogens with one attached hydrogen (secondary N) is 1. The van der Waals surface area contributed by atoms with Gasteiger partial charge in [-0.3, -0.25) is 4.79 Å². The Labute approximate surface area is 98.1 Å². The third-order valence-corrected chi connectivity index (χ3v) is 1.95. The largest absolute Gasteiger partial charge is 0.405 e. The van der Waals surface area contributed by atoms with Crippen molar-refractivity contribution in [3.8, 4) is 0 Å². The van der Waals surface area contributed by atoms with Gasteiger partial charge in [0.2, 0.25) is 0 Å². The van der Waals surface area contributed by atoms with E-state index in [-0.39, 0.29) is 5.91 Å². The standard InChI is InChI=1S/C13H22N2O/c1-4-5-10-15-13(16)12(8-9-14)7-6-11(2)3/h6-9H,4-5,10,14H2,1-3H3,(H,15,16)/b9-8-,12-7+. The predicted octanol–water partition coefficient (Wildman–Crippen LogP) is 2.27. The van der Waals surface area contributed by atoms with Crippen molar-refractivity contribution in [1.82, 2.24) is 5.32 Å². The van der Waals surface area contributed by atoms with Gasteiger partial charge in [-0.2, -0.15) is 0 Å². The Hall–Kier alpha value is -1.51. The highest BCUT2D eigenvalue weighted by atomic mass is 16.1. The number of unbranched alkanes of at least 4 members (excludes halogenated alkanes) is 1. The second-order valence-corrected chi connectivity index (χ2v) is 3.83. The first kappa shape index (κ1) is 14.5. The molecule has 0 aromatic rings. The summed E-state index contributed by atoms with van der Waals surface area (Å²) in [6, 6.07) is 0. The molecule has 0 aliphatic carbocycles. The van der Waals surface area contributed by atoms with Crippen molar-refractivity contribution in [3.63, 3.8) is 0 Å². The fourth-order valence-corrected chi connectivity index (χ4v) is 1.05. The molecule has 16 heavy (non-hydrogen) atoms. The molecule has 3 heteroatoms. The summed E-state index contributed by atoms with van der Waals surface area (Å²) in [5.41, 5.74) is 7.03. The van der Waals surface area contributed by atoms with Gasteiger partial charge in [0.25, 0.3) is 5.91 Å². The minimum atomic E-state index is -0.0762. The number of allylic oxidation sites excluding steroid dienone is 3. The summed E-state index contributed by atoms with van der Waals surface area (Å²) in [7, 11) is 0. The number of amides is 1. The Morgan fingerprint density at radius 2 is 2.00 bits per heavy atom. The lowest BCUT2D eigenvalue weighted by Crippen LogP contribution is -2.25. The molecule has 0 heterocycles. The van der Waals surface area contributed by atoms with Crippen LogP contribution in [-0.2, 0) is 4.79 Å². The molecule has 0 saturated heterocycles. The van der Waals surface area contributed by atoms with Crippen molar-refractivity contribution < 1.29 is 4.79 Å². The van der Waals surface area contributed by atoms with Crippen molar-refractivity contribution in [2.24, 2.45) is 5.73 Å². The molecule has 1 amide bonds. The summed E-state index contributed by atoms with van der Waals surface area (Å²) in [6.45, 7) is 6.76. The van der Waals surface area contributed by atoms with Crippen molar-refractivity contribution in [2.45, 2.75) is 33.6 Å². The summed E-state index contributed by atoms with van der Waals surface area (Å²) >= 11 is 0. The molecule has 0 rings (SSSR count). The Kier molecular flexibility index (Phi) is 7.94. The molecule has 0 bridgehead atoms. The molecule has 0 aromatic carbocycles. The Morgan fingerprint density at radius 3 is 2.50 bits per heavy atom. The maximum Gasteiger partial charge on any atom is 0.251 e. The van der Waals surface area contributed by atoms with E-state index in [1.807, 2.05) is 19.9 Å². The van der Waals surface area contributed by atoms with Gasteiger partial charge in [-0.15, -0.1) is 0 Å². The molecule has 3 nitrogen and oxygen atoms in total. The SMILES string of the molecule is CCCCNC(=O)C(/C=C\N)=C/C=C(C)C. The Morgan fingerprint density at radius 1 is 1.31 bits per heavy atom. The molecule has 3 N–H and O–H groups in total. The molecule has 0 aliphatic rings. The van der Waals surface area contributed by atoms with Crippen molar-refractivity contribution in [2.75, 3.05) is 6.54 Å². The first-order chi connectivity index (χ1) is 7.61. The summed E-state index contributed by atoms with van der Waals surface area (Å²) in [4.78, 5) is 11.7. The van der Waals surface area contributed by atoms with Crippen LogP contribution in [0.2, 0.25) is 0 Å². The topological polar surface area (TPSA) is 55.1 Å². The monoisotopic (exact) mass is 222 g/mol. The lowest BCUT2D eigenvalue weighted by Gasteiger charge is -2.04. The molecule has 0 aromatic heterocycles. The quantitative estimate of drug-likeness (QED) is 0.411.